The van der Waals surface area contributed by atoms with Crippen LogP contribution in [0, 0.1) is 6.92 Å². The predicted octanol–water partition coefficient (Wildman–Crippen LogP) is 4.47. The van der Waals surface area contributed by atoms with E-state index in [1.54, 1.807) is 28.7 Å². The molecule has 2 aromatic heterocycles. The number of hydrogen-bond donors (Lipinski definition) is 0. The van der Waals surface area contributed by atoms with Crippen molar-refractivity contribution in [2.45, 2.75) is 13.5 Å². The van der Waals surface area contributed by atoms with E-state index < -0.39 is 0 Å². The molecule has 0 radical (unpaired) electrons. The average molecular weight is 628 g/mol. The quantitative estimate of drug-likeness (QED) is 0.226. The first-order chi connectivity index (χ1) is 21.4. The van der Waals surface area contributed by atoms with E-state index in [1.807, 2.05) is 49.4 Å². The van der Waals surface area contributed by atoms with Crippen molar-refractivity contribution in [1.82, 2.24) is 14.3 Å². The summed E-state index contributed by atoms with van der Waals surface area (Å²) >= 11 is 6.81. The molecule has 44 heavy (non-hydrogen) atoms. The van der Waals surface area contributed by atoms with E-state index in [0.29, 0.717) is 50.8 Å². The number of thiocarbonyl (C=S) groups is 1. The molecular formula is C32H29N5O5S2. The third kappa shape index (κ3) is 5.13. The summed E-state index contributed by atoms with van der Waals surface area (Å²) in [6, 6.07) is 17.4. The molecule has 7 rings (SSSR count). The fourth-order valence-electron chi connectivity index (χ4n) is 5.63. The average Bonchev–Trinajstić information content (AvgIpc) is 3.62. The molecule has 5 heterocycles. The molecule has 1 amide bonds. The van der Waals surface area contributed by atoms with Crippen LogP contribution < -0.4 is 29.6 Å². The largest absolute Gasteiger partial charge is 0.497 e. The Labute approximate surface area is 263 Å². The zero-order valence-corrected chi connectivity index (χ0v) is 25.8. The summed E-state index contributed by atoms with van der Waals surface area (Å²) in [5.74, 6) is 2.46. The summed E-state index contributed by atoms with van der Waals surface area (Å²) in [4.78, 5) is 39.0. The summed E-state index contributed by atoms with van der Waals surface area (Å²) in [5, 5.41) is 0. The molecule has 0 spiro atoms. The van der Waals surface area contributed by atoms with Crippen molar-refractivity contribution in [3.8, 4) is 17.2 Å². The van der Waals surface area contributed by atoms with Gasteiger partial charge in [-0.3, -0.25) is 18.9 Å². The minimum Gasteiger partial charge on any atom is -0.497 e. The number of carbonyl (C=O) groups excluding carboxylic acids is 1. The Morgan fingerprint density at radius 2 is 1.75 bits per heavy atom. The standard InChI is InChI=1S/C32H29N5O5S2/c1-20-4-3-11-36-28(20)33-29(35-14-12-34(13-15-35)22-6-8-23(40-2)9-7-22)24(30(36)38)17-27-31(39)37(32(43)44-27)18-21-5-10-25-26(16-21)42-19-41-25/h3-11,16-17H,12-15,18-19H2,1-2H3/b27-17+. The Morgan fingerprint density at radius 1 is 1.00 bits per heavy atom. The maximum absolute atomic E-state index is 14.0. The molecule has 3 aliphatic rings. The second-order valence-electron chi connectivity index (χ2n) is 10.7. The van der Waals surface area contributed by atoms with Crippen LogP contribution in [-0.2, 0) is 11.3 Å². The van der Waals surface area contributed by atoms with Gasteiger partial charge in [0.15, 0.2) is 11.5 Å². The van der Waals surface area contributed by atoms with Gasteiger partial charge in [0.25, 0.3) is 11.5 Å². The van der Waals surface area contributed by atoms with Crippen LogP contribution in [0.5, 0.6) is 17.2 Å². The summed E-state index contributed by atoms with van der Waals surface area (Å²) in [6.45, 7) is 5.22. The van der Waals surface area contributed by atoms with E-state index >= 15 is 0 Å². The highest BCUT2D eigenvalue weighted by Gasteiger charge is 2.34. The first kappa shape index (κ1) is 28.2. The predicted molar refractivity (Wildman–Crippen MR) is 175 cm³/mol. The van der Waals surface area contributed by atoms with Gasteiger partial charge >= 0.3 is 0 Å². The Bertz CT molecular complexity index is 1880. The summed E-state index contributed by atoms with van der Waals surface area (Å²) in [6.07, 6.45) is 3.37. The number of anilines is 2. The van der Waals surface area contributed by atoms with E-state index in [4.69, 9.17) is 31.4 Å². The third-order valence-electron chi connectivity index (χ3n) is 8.01. The van der Waals surface area contributed by atoms with Crippen LogP contribution in [0.4, 0.5) is 11.5 Å². The van der Waals surface area contributed by atoms with Crippen LogP contribution in [0.3, 0.4) is 0 Å². The molecule has 0 saturated carbocycles. The molecule has 10 nitrogen and oxygen atoms in total. The van der Waals surface area contributed by atoms with Crippen LogP contribution >= 0.6 is 24.0 Å². The molecule has 0 bridgehead atoms. The molecule has 0 unspecified atom stereocenters. The van der Waals surface area contributed by atoms with Crippen LogP contribution in [0.2, 0.25) is 0 Å². The highest BCUT2D eigenvalue weighted by atomic mass is 32.2. The van der Waals surface area contributed by atoms with Crippen LogP contribution in [0.25, 0.3) is 11.7 Å². The smallest absolute Gasteiger partial charge is 0.267 e. The van der Waals surface area contributed by atoms with Crippen molar-refractivity contribution in [3.05, 3.63) is 92.7 Å². The minimum atomic E-state index is -0.248. The highest BCUT2D eigenvalue weighted by molar-refractivity contribution is 8.26. The second-order valence-corrected chi connectivity index (χ2v) is 12.3. The van der Waals surface area contributed by atoms with E-state index in [-0.39, 0.29) is 24.8 Å². The van der Waals surface area contributed by atoms with Gasteiger partial charge in [-0.05, 0) is 66.6 Å². The molecule has 224 valence electrons. The number of amides is 1. The van der Waals surface area contributed by atoms with Crippen molar-refractivity contribution in [3.63, 3.8) is 0 Å². The molecule has 0 atom stereocenters. The first-order valence-electron chi connectivity index (χ1n) is 14.2. The van der Waals surface area contributed by atoms with Gasteiger partial charge in [0.2, 0.25) is 6.79 Å². The SMILES string of the molecule is COc1ccc(N2CCN(c3nc4c(C)cccn4c(=O)c3/C=C3/SC(=S)N(Cc4ccc5c(c4)OCO5)C3=O)CC2)cc1. The van der Waals surface area contributed by atoms with Crippen molar-refractivity contribution in [1.29, 1.82) is 0 Å². The van der Waals surface area contributed by atoms with E-state index in [0.717, 1.165) is 35.7 Å². The number of methoxy groups -OCH3 is 1. The number of aromatic nitrogens is 2. The Morgan fingerprint density at radius 3 is 2.52 bits per heavy atom. The molecule has 0 aliphatic carbocycles. The lowest BCUT2D eigenvalue weighted by molar-refractivity contribution is -0.122. The van der Waals surface area contributed by atoms with Gasteiger partial charge < -0.3 is 24.0 Å². The zero-order chi connectivity index (χ0) is 30.4. The first-order valence-corrected chi connectivity index (χ1v) is 15.4. The van der Waals surface area contributed by atoms with Crippen molar-refractivity contribution in [2.75, 3.05) is 49.9 Å². The summed E-state index contributed by atoms with van der Waals surface area (Å²) in [7, 11) is 1.66. The molecular weight excluding hydrogens is 599 g/mol. The monoisotopic (exact) mass is 627 g/mol. The maximum atomic E-state index is 14.0. The van der Waals surface area contributed by atoms with Gasteiger partial charge in [0.1, 0.15) is 21.5 Å². The van der Waals surface area contributed by atoms with Gasteiger partial charge in [-0.1, -0.05) is 36.1 Å². The number of thioether (sulfide) groups is 1. The van der Waals surface area contributed by atoms with Crippen molar-refractivity contribution in [2.24, 2.45) is 0 Å². The number of piperazine rings is 1. The van der Waals surface area contributed by atoms with Gasteiger partial charge in [-0.25, -0.2) is 4.98 Å². The van der Waals surface area contributed by atoms with E-state index in [1.165, 1.54) is 11.8 Å². The number of aryl methyl sites for hydroxylation is 1. The fourth-order valence-corrected chi connectivity index (χ4v) is 6.86. The molecule has 2 fully saturated rings. The maximum Gasteiger partial charge on any atom is 0.267 e. The van der Waals surface area contributed by atoms with Crippen LogP contribution in [0.15, 0.2) is 70.5 Å². The Hall–Kier alpha value is -4.55. The van der Waals surface area contributed by atoms with Crippen LogP contribution in [-0.4, -0.2) is 64.6 Å². The lowest BCUT2D eigenvalue weighted by Gasteiger charge is -2.37. The number of ether oxygens (including phenoxy) is 3. The molecule has 2 aromatic carbocycles. The van der Waals surface area contributed by atoms with Gasteiger partial charge in [-0.15, -0.1) is 0 Å². The van der Waals surface area contributed by atoms with Gasteiger partial charge in [-0.2, -0.15) is 0 Å². The molecule has 12 heteroatoms. The van der Waals surface area contributed by atoms with Gasteiger partial charge in [0, 0.05) is 38.1 Å². The third-order valence-corrected chi connectivity index (χ3v) is 9.39. The number of hydrogen-bond acceptors (Lipinski definition) is 10. The highest BCUT2D eigenvalue weighted by Crippen LogP contribution is 2.37. The summed E-state index contributed by atoms with van der Waals surface area (Å²) < 4.78 is 18.2. The fraction of sp³-hybridized carbons (Fsp3) is 0.250. The number of fused-ring (bicyclic) bond motifs is 2. The van der Waals surface area contributed by atoms with E-state index in [2.05, 4.69) is 21.9 Å². The molecule has 0 N–H and O–H groups in total. The van der Waals surface area contributed by atoms with Crippen molar-refractivity contribution >= 4 is 57.4 Å². The van der Waals surface area contributed by atoms with Gasteiger partial charge in [0.05, 0.1) is 24.1 Å². The topological polar surface area (TPSA) is 88.9 Å². The number of pyridine rings is 1. The van der Waals surface area contributed by atoms with Crippen LogP contribution in [0.1, 0.15) is 16.7 Å². The number of rotatable bonds is 6. The normalized spacial score (nSPS) is 17.3. The molecule has 4 aromatic rings. The van der Waals surface area contributed by atoms with E-state index in [9.17, 15) is 9.59 Å². The lowest BCUT2D eigenvalue weighted by atomic mass is 10.1. The Kier molecular flexibility index (Phi) is 7.39. The Balaban J connectivity index is 1.20. The zero-order valence-electron chi connectivity index (χ0n) is 24.2. The second kappa shape index (κ2) is 11.5. The van der Waals surface area contributed by atoms with Crippen molar-refractivity contribution < 1.29 is 19.0 Å². The summed E-state index contributed by atoms with van der Waals surface area (Å²) in [5.41, 5.74) is 3.60. The minimum absolute atomic E-state index is 0.177. The number of nitrogens with zero attached hydrogens (tertiary/aromatic N) is 5. The number of benzene rings is 2. The molecule has 3 aliphatic heterocycles. The lowest BCUT2D eigenvalue weighted by Crippen LogP contribution is -2.47. The molecule has 2 saturated heterocycles. The number of carbonyl (C=O) groups is 1.